The van der Waals surface area contributed by atoms with Gasteiger partial charge in [0.05, 0.1) is 11.9 Å². The number of hydrogen-bond acceptors (Lipinski definition) is 3. The first-order chi connectivity index (χ1) is 6.79. The molecule has 0 bridgehead atoms. The van der Waals surface area contributed by atoms with Crippen molar-refractivity contribution in [2.75, 3.05) is 0 Å². The molecule has 0 saturated carbocycles. The van der Waals surface area contributed by atoms with Crippen LogP contribution < -0.4 is 0 Å². The summed E-state index contributed by atoms with van der Waals surface area (Å²) in [5.74, 6) is 0.411. The van der Waals surface area contributed by atoms with Crippen molar-refractivity contribution in [2.45, 2.75) is 32.6 Å². The van der Waals surface area contributed by atoms with Crippen molar-refractivity contribution in [3.8, 4) is 0 Å². The molecule has 3 nitrogen and oxygen atoms in total. The highest BCUT2D eigenvalue weighted by Crippen LogP contribution is 2.20. The van der Waals surface area contributed by atoms with Crippen LogP contribution in [-0.4, -0.2) is 16.4 Å². The van der Waals surface area contributed by atoms with Gasteiger partial charge in [0.25, 0.3) is 0 Å². The Bertz CT molecular complexity index is 310. The van der Waals surface area contributed by atoms with E-state index in [1.807, 2.05) is 12.1 Å². The summed E-state index contributed by atoms with van der Waals surface area (Å²) >= 11 is 0. The Kier molecular flexibility index (Phi) is 4.11. The molecular formula is C11H16N2O. The lowest BCUT2D eigenvalue weighted by molar-refractivity contribution is 0.321. The van der Waals surface area contributed by atoms with E-state index < -0.39 is 0 Å². The lowest BCUT2D eigenvalue weighted by Gasteiger charge is -2.11. The molecule has 1 aromatic rings. The Morgan fingerprint density at radius 1 is 1.64 bits per heavy atom. The highest BCUT2D eigenvalue weighted by atomic mass is 16.4. The third kappa shape index (κ3) is 2.55. The molecule has 76 valence electrons. The maximum absolute atomic E-state index is 8.50. The van der Waals surface area contributed by atoms with Crippen LogP contribution >= 0.6 is 0 Å². The Labute approximate surface area is 84.5 Å². The van der Waals surface area contributed by atoms with Crippen LogP contribution in [-0.2, 0) is 0 Å². The summed E-state index contributed by atoms with van der Waals surface area (Å²) in [6.07, 6.45) is 5.45. The predicted molar refractivity (Wildman–Crippen MR) is 56.9 cm³/mol. The summed E-state index contributed by atoms with van der Waals surface area (Å²) in [6.45, 7) is 4.29. The Hall–Kier alpha value is -1.38. The topological polar surface area (TPSA) is 45.5 Å². The van der Waals surface area contributed by atoms with Gasteiger partial charge in [-0.2, -0.15) is 0 Å². The molecule has 0 fully saturated rings. The third-order valence-electron chi connectivity index (χ3n) is 2.26. The molecular weight excluding hydrogens is 176 g/mol. The lowest BCUT2D eigenvalue weighted by Crippen LogP contribution is -2.01. The summed E-state index contributed by atoms with van der Waals surface area (Å²) in [5, 5.41) is 11.5. The van der Waals surface area contributed by atoms with Gasteiger partial charge in [-0.3, -0.25) is 4.98 Å². The molecule has 0 radical (unpaired) electrons. The maximum Gasteiger partial charge on any atom is 0.0752 e. The van der Waals surface area contributed by atoms with Crippen molar-refractivity contribution in [2.24, 2.45) is 5.16 Å². The van der Waals surface area contributed by atoms with Crippen LogP contribution in [0, 0.1) is 0 Å². The fourth-order valence-electron chi connectivity index (χ4n) is 1.58. The number of aromatic nitrogens is 1. The van der Waals surface area contributed by atoms with Gasteiger partial charge in [0.2, 0.25) is 0 Å². The molecule has 0 saturated heterocycles. The van der Waals surface area contributed by atoms with E-state index >= 15 is 0 Å². The molecule has 1 atom stereocenters. The number of oxime groups is 1. The first-order valence-electron chi connectivity index (χ1n) is 4.92. The van der Waals surface area contributed by atoms with Crippen LogP contribution in [0.15, 0.2) is 23.5 Å². The fourth-order valence-corrected chi connectivity index (χ4v) is 1.58. The van der Waals surface area contributed by atoms with Crippen LogP contribution in [0.1, 0.15) is 43.9 Å². The van der Waals surface area contributed by atoms with Gasteiger partial charge >= 0.3 is 0 Å². The van der Waals surface area contributed by atoms with Crippen molar-refractivity contribution < 1.29 is 5.21 Å². The molecule has 1 heterocycles. The second-order valence-corrected chi connectivity index (χ2v) is 3.41. The van der Waals surface area contributed by atoms with Gasteiger partial charge in [0.15, 0.2) is 0 Å². The van der Waals surface area contributed by atoms with Crippen molar-refractivity contribution in [1.29, 1.82) is 0 Å². The van der Waals surface area contributed by atoms with E-state index in [0.29, 0.717) is 5.92 Å². The number of pyridine rings is 1. The second kappa shape index (κ2) is 5.37. The van der Waals surface area contributed by atoms with Crippen LogP contribution in [0.3, 0.4) is 0 Å². The molecule has 0 aliphatic carbocycles. The highest BCUT2D eigenvalue weighted by molar-refractivity contribution is 5.80. The molecule has 14 heavy (non-hydrogen) atoms. The number of hydrogen-bond donors (Lipinski definition) is 1. The average Bonchev–Trinajstić information content (AvgIpc) is 2.19. The molecule has 0 aromatic carbocycles. The largest absolute Gasteiger partial charge is 0.411 e. The first kappa shape index (κ1) is 10.7. The van der Waals surface area contributed by atoms with Crippen LogP contribution in [0.5, 0.6) is 0 Å². The SMILES string of the molecule is CCCC(C)c1ncccc1/C=N/O. The lowest BCUT2D eigenvalue weighted by atomic mass is 9.98. The molecule has 0 aliphatic rings. The number of rotatable bonds is 4. The highest BCUT2D eigenvalue weighted by Gasteiger charge is 2.09. The monoisotopic (exact) mass is 192 g/mol. The van der Waals surface area contributed by atoms with E-state index in [9.17, 15) is 0 Å². The van der Waals surface area contributed by atoms with E-state index in [2.05, 4.69) is 24.0 Å². The van der Waals surface area contributed by atoms with Gasteiger partial charge in [-0.15, -0.1) is 0 Å². The fraction of sp³-hybridized carbons (Fsp3) is 0.455. The van der Waals surface area contributed by atoms with Gasteiger partial charge in [-0.05, 0) is 24.5 Å². The minimum Gasteiger partial charge on any atom is -0.411 e. The third-order valence-corrected chi connectivity index (χ3v) is 2.26. The molecule has 3 heteroatoms. The smallest absolute Gasteiger partial charge is 0.0752 e. The summed E-state index contributed by atoms with van der Waals surface area (Å²) in [5.41, 5.74) is 1.91. The zero-order valence-electron chi connectivity index (χ0n) is 8.64. The zero-order chi connectivity index (χ0) is 10.4. The normalized spacial score (nSPS) is 13.3. The van der Waals surface area contributed by atoms with Gasteiger partial charge in [0.1, 0.15) is 0 Å². The Balaban J connectivity index is 2.94. The summed E-state index contributed by atoms with van der Waals surface area (Å²) < 4.78 is 0. The molecule has 1 unspecified atom stereocenters. The summed E-state index contributed by atoms with van der Waals surface area (Å²) in [4.78, 5) is 4.31. The molecule has 1 N–H and O–H groups in total. The summed E-state index contributed by atoms with van der Waals surface area (Å²) in [7, 11) is 0. The molecule has 0 aliphatic heterocycles. The molecule has 0 amide bonds. The average molecular weight is 192 g/mol. The van der Waals surface area contributed by atoms with Crippen LogP contribution in [0.25, 0.3) is 0 Å². The van der Waals surface area contributed by atoms with Crippen molar-refractivity contribution in [3.63, 3.8) is 0 Å². The zero-order valence-corrected chi connectivity index (χ0v) is 8.64. The van der Waals surface area contributed by atoms with Crippen molar-refractivity contribution in [1.82, 2.24) is 4.98 Å². The number of nitrogens with zero attached hydrogens (tertiary/aromatic N) is 2. The Morgan fingerprint density at radius 2 is 2.43 bits per heavy atom. The molecule has 0 spiro atoms. The van der Waals surface area contributed by atoms with Gasteiger partial charge < -0.3 is 5.21 Å². The first-order valence-corrected chi connectivity index (χ1v) is 4.92. The van der Waals surface area contributed by atoms with E-state index in [0.717, 1.165) is 24.1 Å². The van der Waals surface area contributed by atoms with Gasteiger partial charge in [0, 0.05) is 11.8 Å². The van der Waals surface area contributed by atoms with Crippen LogP contribution in [0.2, 0.25) is 0 Å². The van der Waals surface area contributed by atoms with E-state index in [1.54, 1.807) is 6.20 Å². The predicted octanol–water partition coefficient (Wildman–Crippen LogP) is 2.79. The van der Waals surface area contributed by atoms with Crippen LogP contribution in [0.4, 0.5) is 0 Å². The minimum atomic E-state index is 0.411. The minimum absolute atomic E-state index is 0.411. The van der Waals surface area contributed by atoms with E-state index in [1.165, 1.54) is 6.21 Å². The van der Waals surface area contributed by atoms with E-state index in [4.69, 9.17) is 5.21 Å². The quantitative estimate of drug-likeness (QED) is 0.453. The van der Waals surface area contributed by atoms with Crippen molar-refractivity contribution in [3.05, 3.63) is 29.6 Å². The second-order valence-electron chi connectivity index (χ2n) is 3.41. The maximum atomic E-state index is 8.50. The molecule has 1 aromatic heterocycles. The molecule has 1 rings (SSSR count). The Morgan fingerprint density at radius 3 is 3.07 bits per heavy atom. The summed E-state index contributed by atoms with van der Waals surface area (Å²) in [6, 6.07) is 3.76. The van der Waals surface area contributed by atoms with Gasteiger partial charge in [-0.25, -0.2) is 0 Å². The standard InChI is InChI=1S/C11H16N2O/c1-3-5-9(2)11-10(8-13-14)6-4-7-12-11/h4,6-9,14H,3,5H2,1-2H3/b13-8+. The van der Waals surface area contributed by atoms with Crippen molar-refractivity contribution >= 4 is 6.21 Å². The van der Waals surface area contributed by atoms with E-state index in [-0.39, 0.29) is 0 Å². The van der Waals surface area contributed by atoms with Gasteiger partial charge in [-0.1, -0.05) is 25.4 Å².